The first kappa shape index (κ1) is 15.7. The summed E-state index contributed by atoms with van der Waals surface area (Å²) >= 11 is 0.645. The van der Waals surface area contributed by atoms with Gasteiger partial charge < -0.3 is 4.57 Å². The smallest absolute Gasteiger partial charge is 0.298 e. The van der Waals surface area contributed by atoms with E-state index in [9.17, 15) is 14.0 Å². The Labute approximate surface area is 147 Å². The van der Waals surface area contributed by atoms with E-state index in [0.29, 0.717) is 24.0 Å². The first-order valence-electron chi connectivity index (χ1n) is 7.62. The highest BCUT2D eigenvalue weighted by Crippen LogP contribution is 2.38. The van der Waals surface area contributed by atoms with Gasteiger partial charge in [-0.3, -0.25) is 14.5 Å². The normalized spacial score (nSPS) is 14.8. The maximum Gasteiger partial charge on any atom is 0.298 e. The summed E-state index contributed by atoms with van der Waals surface area (Å²) in [6.07, 6.45) is 1.80. The first-order valence-corrected chi connectivity index (χ1v) is 8.44. The van der Waals surface area contributed by atoms with Crippen LogP contribution in [0.2, 0.25) is 0 Å². The van der Waals surface area contributed by atoms with Crippen molar-refractivity contribution < 1.29 is 14.0 Å². The van der Waals surface area contributed by atoms with Gasteiger partial charge in [0.05, 0.1) is 16.9 Å². The molecule has 0 bridgehead atoms. The lowest BCUT2D eigenvalue weighted by atomic mass is 10.2. The van der Waals surface area contributed by atoms with Crippen molar-refractivity contribution in [1.29, 1.82) is 0 Å². The second-order valence-corrected chi connectivity index (χ2v) is 6.65. The van der Waals surface area contributed by atoms with E-state index in [-0.39, 0.29) is 21.9 Å². The van der Waals surface area contributed by atoms with Gasteiger partial charge >= 0.3 is 0 Å². The van der Waals surface area contributed by atoms with Gasteiger partial charge in [-0.05, 0) is 23.8 Å². The summed E-state index contributed by atoms with van der Waals surface area (Å²) in [6, 6.07) is 14.0. The highest BCUT2D eigenvalue weighted by atomic mass is 32.2. The molecule has 0 aliphatic carbocycles. The minimum absolute atomic E-state index is 0.156. The van der Waals surface area contributed by atoms with Crippen LogP contribution in [0.25, 0.3) is 10.9 Å². The third-order valence-electron chi connectivity index (χ3n) is 4.12. The number of rotatable bonds is 3. The van der Waals surface area contributed by atoms with E-state index >= 15 is 0 Å². The maximum atomic E-state index is 13.5. The third-order valence-corrected chi connectivity index (χ3v) is 4.90. The molecule has 1 aromatic heterocycles. The summed E-state index contributed by atoms with van der Waals surface area (Å²) < 4.78 is 15.4. The molecule has 1 aliphatic rings. The number of halogens is 1. The van der Waals surface area contributed by atoms with Crippen LogP contribution in [0.15, 0.2) is 67.0 Å². The molecule has 0 radical (unpaired) electrons. The predicted molar refractivity (Wildman–Crippen MR) is 97.1 cm³/mol. The molecular formula is C19H13FN2O2S. The van der Waals surface area contributed by atoms with Gasteiger partial charge in [-0.25, -0.2) is 4.39 Å². The molecule has 124 valence electrons. The van der Waals surface area contributed by atoms with Crippen molar-refractivity contribution in [3.05, 3.63) is 78.4 Å². The number of hydrogen-bond acceptors (Lipinski definition) is 3. The largest absolute Gasteiger partial charge is 0.341 e. The summed E-state index contributed by atoms with van der Waals surface area (Å²) in [5.41, 5.74) is 2.47. The van der Waals surface area contributed by atoms with Crippen molar-refractivity contribution in [3.63, 3.8) is 0 Å². The number of para-hydroxylation sites is 1. The Morgan fingerprint density at radius 3 is 2.60 bits per heavy atom. The van der Waals surface area contributed by atoms with E-state index < -0.39 is 0 Å². The van der Waals surface area contributed by atoms with Crippen LogP contribution in [0.4, 0.5) is 14.9 Å². The summed E-state index contributed by atoms with van der Waals surface area (Å²) in [5.74, 6) is -0.292. The molecule has 4 rings (SSSR count). The first-order chi connectivity index (χ1) is 12.0. The molecule has 2 aromatic carbocycles. The molecule has 1 amide bonds. The van der Waals surface area contributed by atoms with Gasteiger partial charge in [-0.2, -0.15) is 0 Å². The predicted octanol–water partition coefficient (Wildman–Crippen LogP) is 4.54. The number of hydrogen-bond donors (Lipinski definition) is 0. The molecule has 3 aromatic rings. The van der Waals surface area contributed by atoms with Gasteiger partial charge in [0.2, 0.25) is 5.12 Å². The molecule has 1 fully saturated rings. The fraction of sp³-hybridized carbons (Fsp3) is 0.0526. The number of carbonyl (C=O) groups is 2. The Morgan fingerprint density at radius 2 is 1.88 bits per heavy atom. The van der Waals surface area contributed by atoms with Gasteiger partial charge in [-0.1, -0.05) is 36.9 Å². The SMILES string of the molecule is C=C1C(=O)SC(=O)N1c1cn(Cc2cccc(F)c2)c2ccccc12. The van der Waals surface area contributed by atoms with Gasteiger partial charge in [0.15, 0.2) is 0 Å². The van der Waals surface area contributed by atoms with Crippen LogP contribution in [0.3, 0.4) is 0 Å². The third kappa shape index (κ3) is 2.64. The second-order valence-electron chi connectivity index (χ2n) is 5.73. The zero-order chi connectivity index (χ0) is 17.6. The number of aromatic nitrogens is 1. The van der Waals surface area contributed by atoms with E-state index in [2.05, 4.69) is 6.58 Å². The molecule has 1 saturated heterocycles. The monoisotopic (exact) mass is 352 g/mol. The molecule has 6 heteroatoms. The number of thioether (sulfide) groups is 1. The van der Waals surface area contributed by atoms with Crippen LogP contribution in [0.5, 0.6) is 0 Å². The van der Waals surface area contributed by atoms with Crippen LogP contribution >= 0.6 is 11.8 Å². The Morgan fingerprint density at radius 1 is 1.08 bits per heavy atom. The molecule has 0 saturated carbocycles. The minimum Gasteiger partial charge on any atom is -0.341 e. The molecule has 1 aliphatic heterocycles. The molecular weight excluding hydrogens is 339 g/mol. The maximum absolute atomic E-state index is 13.5. The van der Waals surface area contributed by atoms with E-state index in [1.807, 2.05) is 34.9 Å². The molecule has 2 heterocycles. The van der Waals surface area contributed by atoms with E-state index in [4.69, 9.17) is 0 Å². The Kier molecular flexibility index (Phi) is 3.69. The van der Waals surface area contributed by atoms with Crippen molar-refractivity contribution in [1.82, 2.24) is 4.57 Å². The van der Waals surface area contributed by atoms with Gasteiger partial charge in [0, 0.05) is 29.9 Å². The van der Waals surface area contributed by atoms with Crippen molar-refractivity contribution in [2.75, 3.05) is 4.90 Å². The van der Waals surface area contributed by atoms with Crippen molar-refractivity contribution in [2.45, 2.75) is 6.54 Å². The van der Waals surface area contributed by atoms with E-state index in [1.165, 1.54) is 17.0 Å². The van der Waals surface area contributed by atoms with Crippen LogP contribution in [0, 0.1) is 5.82 Å². The van der Waals surface area contributed by atoms with Crippen LogP contribution in [-0.4, -0.2) is 14.9 Å². The molecule has 0 spiro atoms. The number of nitrogens with zero attached hydrogens (tertiary/aromatic N) is 2. The summed E-state index contributed by atoms with van der Waals surface area (Å²) in [4.78, 5) is 25.3. The summed E-state index contributed by atoms with van der Waals surface area (Å²) in [6.45, 7) is 4.18. The Balaban J connectivity index is 1.83. The quantitative estimate of drug-likeness (QED) is 0.650. The van der Waals surface area contributed by atoms with E-state index in [0.717, 1.165) is 16.5 Å². The lowest BCUT2D eigenvalue weighted by molar-refractivity contribution is -0.107. The number of benzene rings is 2. The van der Waals surface area contributed by atoms with Crippen LogP contribution < -0.4 is 4.90 Å². The van der Waals surface area contributed by atoms with Crippen molar-refractivity contribution in [3.8, 4) is 0 Å². The molecule has 4 nitrogen and oxygen atoms in total. The lowest BCUT2D eigenvalue weighted by Crippen LogP contribution is -2.20. The van der Waals surface area contributed by atoms with Gasteiger partial charge in [0.1, 0.15) is 5.82 Å². The highest BCUT2D eigenvalue weighted by molar-refractivity contribution is 8.27. The summed E-state index contributed by atoms with van der Waals surface area (Å²) in [7, 11) is 0. The zero-order valence-electron chi connectivity index (χ0n) is 13.1. The van der Waals surface area contributed by atoms with Crippen LogP contribution in [0.1, 0.15) is 5.56 Å². The number of carbonyl (C=O) groups excluding carboxylic acids is 2. The topological polar surface area (TPSA) is 42.3 Å². The lowest BCUT2D eigenvalue weighted by Gasteiger charge is -2.13. The molecule has 0 atom stereocenters. The standard InChI is InChI=1S/C19H13FN2O2S/c1-12-18(23)25-19(24)22(12)17-11-21(16-8-3-2-7-15(16)17)10-13-5-4-6-14(20)9-13/h2-9,11H,1,10H2. The molecule has 25 heavy (non-hydrogen) atoms. The Bertz CT molecular complexity index is 1040. The van der Waals surface area contributed by atoms with Crippen LogP contribution in [-0.2, 0) is 11.3 Å². The average molecular weight is 352 g/mol. The number of amides is 1. The highest BCUT2D eigenvalue weighted by Gasteiger charge is 2.36. The number of anilines is 1. The van der Waals surface area contributed by atoms with Crippen molar-refractivity contribution >= 4 is 38.7 Å². The average Bonchev–Trinajstić information content (AvgIpc) is 3.05. The fourth-order valence-electron chi connectivity index (χ4n) is 3.00. The van der Waals surface area contributed by atoms with Gasteiger partial charge in [0.25, 0.3) is 5.24 Å². The van der Waals surface area contributed by atoms with E-state index in [1.54, 1.807) is 12.3 Å². The zero-order valence-corrected chi connectivity index (χ0v) is 13.9. The molecule has 0 N–H and O–H groups in total. The minimum atomic E-state index is -0.358. The fourth-order valence-corrected chi connectivity index (χ4v) is 3.67. The Hall–Kier alpha value is -2.86. The molecule has 0 unspecified atom stereocenters. The van der Waals surface area contributed by atoms with Gasteiger partial charge in [-0.15, -0.1) is 0 Å². The summed E-state index contributed by atoms with van der Waals surface area (Å²) in [5, 5.41) is 0.138. The second kappa shape index (κ2) is 5.89. The number of fused-ring (bicyclic) bond motifs is 1. The van der Waals surface area contributed by atoms with Crippen molar-refractivity contribution in [2.24, 2.45) is 0 Å².